The van der Waals surface area contributed by atoms with Gasteiger partial charge in [0.2, 0.25) is 6.10 Å². The van der Waals surface area contributed by atoms with Crippen molar-refractivity contribution < 1.29 is 27.4 Å². The number of hydrogen-bond acceptors (Lipinski definition) is 3. The Kier molecular flexibility index (Phi) is 6.51. The van der Waals surface area contributed by atoms with Gasteiger partial charge in [0.15, 0.2) is 0 Å². The summed E-state index contributed by atoms with van der Waals surface area (Å²) < 4.78 is 50.4. The van der Waals surface area contributed by atoms with Crippen molar-refractivity contribution in [3.8, 4) is 5.75 Å². The summed E-state index contributed by atoms with van der Waals surface area (Å²) in [6.07, 6.45) is -3.13. The minimum absolute atomic E-state index is 0.0288. The summed E-state index contributed by atoms with van der Waals surface area (Å²) in [7, 11) is 0. The average molecular weight is 405 g/mol. The van der Waals surface area contributed by atoms with Gasteiger partial charge in [0.05, 0.1) is 12.2 Å². The number of carbonyl (C=O) groups excluding carboxylic acids is 1. The van der Waals surface area contributed by atoms with Crippen LogP contribution in [0.15, 0.2) is 17.7 Å². The molecule has 27 heavy (non-hydrogen) atoms. The highest BCUT2D eigenvalue weighted by atomic mass is 35.5. The van der Waals surface area contributed by atoms with E-state index in [2.05, 4.69) is 6.92 Å². The van der Waals surface area contributed by atoms with Crippen LogP contribution in [0.1, 0.15) is 58.1 Å². The highest BCUT2D eigenvalue weighted by Gasteiger charge is 2.49. The van der Waals surface area contributed by atoms with Crippen LogP contribution in [-0.2, 0) is 14.9 Å². The molecule has 0 saturated heterocycles. The van der Waals surface area contributed by atoms with E-state index in [0.29, 0.717) is 10.6 Å². The third kappa shape index (κ3) is 4.78. The first-order valence-corrected chi connectivity index (χ1v) is 9.35. The second-order valence-corrected chi connectivity index (χ2v) is 7.62. The summed E-state index contributed by atoms with van der Waals surface area (Å²) in [5.41, 5.74) is 0.166. The maximum atomic E-state index is 13.5. The first-order valence-electron chi connectivity index (χ1n) is 8.97. The Hall–Kier alpha value is -1.69. The Labute approximate surface area is 162 Å². The zero-order valence-electron chi connectivity index (χ0n) is 15.9. The predicted molar refractivity (Wildman–Crippen MR) is 99.1 cm³/mol. The Bertz CT molecular complexity index is 739. The van der Waals surface area contributed by atoms with Crippen molar-refractivity contribution in [3.05, 3.63) is 33.9 Å². The van der Waals surface area contributed by atoms with Crippen molar-refractivity contribution in [2.24, 2.45) is 0 Å². The Morgan fingerprint density at radius 2 is 1.93 bits per heavy atom. The summed E-state index contributed by atoms with van der Waals surface area (Å²) in [6, 6.07) is 3.11. The van der Waals surface area contributed by atoms with E-state index in [1.807, 2.05) is 13.8 Å². The number of halogens is 4. The normalized spacial score (nSPS) is 17.0. The number of hydrogen-bond donors (Lipinski definition) is 0. The van der Waals surface area contributed by atoms with E-state index in [9.17, 15) is 18.0 Å². The molecule has 0 aromatic heterocycles. The number of rotatable bonds is 6. The highest BCUT2D eigenvalue weighted by molar-refractivity contribution is 6.31. The maximum Gasteiger partial charge on any atom is 0.430 e. The van der Waals surface area contributed by atoms with E-state index in [-0.39, 0.29) is 17.8 Å². The van der Waals surface area contributed by atoms with Crippen LogP contribution in [0.25, 0.3) is 6.08 Å². The third-order valence-electron chi connectivity index (χ3n) is 4.63. The lowest BCUT2D eigenvalue weighted by Crippen LogP contribution is -2.41. The molecule has 0 amide bonds. The summed E-state index contributed by atoms with van der Waals surface area (Å²) in [5.74, 6) is -0.983. The molecule has 7 heteroatoms. The minimum Gasteiger partial charge on any atom is -0.475 e. The molecule has 1 aromatic rings. The van der Waals surface area contributed by atoms with E-state index in [1.165, 1.54) is 6.92 Å². The number of fused-ring (bicyclic) bond motifs is 1. The van der Waals surface area contributed by atoms with Crippen LogP contribution in [0.4, 0.5) is 13.2 Å². The van der Waals surface area contributed by atoms with Crippen molar-refractivity contribution in [3.63, 3.8) is 0 Å². The first-order chi connectivity index (χ1) is 12.5. The van der Waals surface area contributed by atoms with E-state index in [4.69, 9.17) is 21.1 Å². The second kappa shape index (κ2) is 8.13. The number of benzene rings is 1. The van der Waals surface area contributed by atoms with Gasteiger partial charge in [-0.25, -0.2) is 4.79 Å². The molecule has 1 aliphatic rings. The lowest BCUT2D eigenvalue weighted by atomic mass is 9.79. The molecule has 0 unspecified atom stereocenters. The van der Waals surface area contributed by atoms with Gasteiger partial charge < -0.3 is 9.47 Å². The van der Waals surface area contributed by atoms with Gasteiger partial charge in [0.25, 0.3) is 0 Å². The minimum atomic E-state index is -4.74. The molecule has 0 saturated carbocycles. The molecule has 0 spiro atoms. The molecule has 0 fully saturated rings. The fraction of sp³-hybridized carbons (Fsp3) is 0.550. The molecule has 0 N–H and O–H groups in total. The number of unbranched alkanes of at least 4 members (excludes halogenated alkanes) is 1. The zero-order chi connectivity index (χ0) is 20.4. The Morgan fingerprint density at radius 3 is 2.48 bits per heavy atom. The molecule has 0 bridgehead atoms. The predicted octanol–water partition coefficient (Wildman–Crippen LogP) is 6.08. The maximum absolute atomic E-state index is 13.5. The van der Waals surface area contributed by atoms with Crippen LogP contribution in [0.3, 0.4) is 0 Å². The fourth-order valence-electron chi connectivity index (χ4n) is 3.11. The van der Waals surface area contributed by atoms with Gasteiger partial charge in [0, 0.05) is 10.6 Å². The van der Waals surface area contributed by atoms with E-state index >= 15 is 0 Å². The Balaban J connectivity index is 2.52. The van der Waals surface area contributed by atoms with Gasteiger partial charge in [-0.3, -0.25) is 0 Å². The van der Waals surface area contributed by atoms with Gasteiger partial charge in [-0.2, -0.15) is 13.2 Å². The summed E-state index contributed by atoms with van der Waals surface area (Å²) in [4.78, 5) is 12.0. The number of ether oxygens (including phenoxy) is 2. The third-order valence-corrected chi connectivity index (χ3v) is 4.94. The van der Waals surface area contributed by atoms with Gasteiger partial charge in [-0.15, -0.1) is 0 Å². The SMILES string of the molecule is CCCCC(C)(C)c1cc2c(cc1Cl)C=C(C(=O)OCC)[C@H](C(F)(F)F)O2. The molecule has 3 nitrogen and oxygen atoms in total. The second-order valence-electron chi connectivity index (χ2n) is 7.22. The van der Waals surface area contributed by atoms with Crippen LogP contribution >= 0.6 is 11.6 Å². The summed E-state index contributed by atoms with van der Waals surface area (Å²) in [6.45, 7) is 7.57. The van der Waals surface area contributed by atoms with Crippen LogP contribution in [0.2, 0.25) is 5.02 Å². The van der Waals surface area contributed by atoms with Crippen LogP contribution in [0, 0.1) is 0 Å². The molecule has 150 valence electrons. The molecule has 0 aliphatic carbocycles. The monoisotopic (exact) mass is 404 g/mol. The number of carbonyl (C=O) groups is 1. The van der Waals surface area contributed by atoms with Crippen molar-refractivity contribution in [2.45, 2.75) is 64.7 Å². The molecule has 2 rings (SSSR count). The van der Waals surface area contributed by atoms with Gasteiger partial charge in [-0.1, -0.05) is 45.2 Å². The molecular weight excluding hydrogens is 381 g/mol. The lowest BCUT2D eigenvalue weighted by Gasteiger charge is -2.31. The average Bonchev–Trinajstić information content (AvgIpc) is 2.57. The van der Waals surface area contributed by atoms with Crippen LogP contribution in [-0.4, -0.2) is 24.9 Å². The lowest BCUT2D eigenvalue weighted by molar-refractivity contribution is -0.187. The first kappa shape index (κ1) is 21.6. The fourth-order valence-corrected chi connectivity index (χ4v) is 3.54. The van der Waals surface area contributed by atoms with Gasteiger partial charge >= 0.3 is 12.1 Å². The van der Waals surface area contributed by atoms with E-state index in [0.717, 1.165) is 30.9 Å². The zero-order valence-corrected chi connectivity index (χ0v) is 16.6. The van der Waals surface area contributed by atoms with Gasteiger partial charge in [-0.05, 0) is 42.5 Å². The molecule has 0 radical (unpaired) electrons. The topological polar surface area (TPSA) is 35.5 Å². The smallest absolute Gasteiger partial charge is 0.430 e. The van der Waals surface area contributed by atoms with E-state index in [1.54, 1.807) is 12.1 Å². The molecule has 1 aromatic carbocycles. The van der Waals surface area contributed by atoms with Crippen molar-refractivity contribution in [1.29, 1.82) is 0 Å². The molecule has 1 aliphatic heterocycles. The van der Waals surface area contributed by atoms with Crippen molar-refractivity contribution >= 4 is 23.6 Å². The summed E-state index contributed by atoms with van der Waals surface area (Å²) in [5, 5.41) is 0.434. The largest absolute Gasteiger partial charge is 0.475 e. The van der Waals surface area contributed by atoms with E-state index < -0.39 is 23.8 Å². The van der Waals surface area contributed by atoms with Crippen molar-refractivity contribution in [2.75, 3.05) is 6.61 Å². The number of esters is 1. The highest BCUT2D eigenvalue weighted by Crippen LogP contribution is 2.43. The molecule has 1 heterocycles. The van der Waals surface area contributed by atoms with Crippen molar-refractivity contribution in [1.82, 2.24) is 0 Å². The molecule has 1 atom stereocenters. The number of alkyl halides is 3. The van der Waals surface area contributed by atoms with Gasteiger partial charge in [0.1, 0.15) is 5.75 Å². The quantitative estimate of drug-likeness (QED) is 0.539. The van der Waals surface area contributed by atoms with Crippen LogP contribution < -0.4 is 4.74 Å². The van der Waals surface area contributed by atoms with Crippen LogP contribution in [0.5, 0.6) is 5.75 Å². The standard InChI is InChI=1S/C20H24ClF3O3/c1-5-7-8-19(3,4)14-11-16-12(10-15(14)21)9-13(18(25)26-6-2)17(27-16)20(22,23)24/h9-11,17H,5-8H2,1-4H3/t17-/m1/s1. The Morgan fingerprint density at radius 1 is 1.26 bits per heavy atom. The molecular formula is C20H24ClF3O3. The summed E-state index contributed by atoms with van der Waals surface area (Å²) >= 11 is 6.42.